The third-order valence-electron chi connectivity index (χ3n) is 4.43. The molecular weight excluding hydrogens is 407 g/mol. The zero-order valence-electron chi connectivity index (χ0n) is 14.1. The summed E-state index contributed by atoms with van der Waals surface area (Å²) in [6.45, 7) is 8.22. The Balaban J connectivity index is 0.00000242. The number of hydrogen-bond donors (Lipinski definition) is 2. The molecule has 2 aliphatic rings. The number of likely N-dealkylation sites (tertiary alicyclic amines) is 1. The first-order valence-electron chi connectivity index (χ1n) is 8.56. The van der Waals surface area contributed by atoms with Crippen LogP contribution in [-0.2, 0) is 0 Å². The third kappa shape index (κ3) is 7.73. The van der Waals surface area contributed by atoms with Gasteiger partial charge < -0.3 is 15.5 Å². The van der Waals surface area contributed by atoms with Crippen molar-refractivity contribution in [2.45, 2.75) is 44.3 Å². The van der Waals surface area contributed by atoms with E-state index in [2.05, 4.69) is 39.2 Å². The molecule has 130 valence electrons. The van der Waals surface area contributed by atoms with Crippen molar-refractivity contribution in [1.82, 2.24) is 15.5 Å². The maximum atomic E-state index is 4.32. The quantitative estimate of drug-likeness (QED) is 0.289. The zero-order chi connectivity index (χ0) is 14.9. The van der Waals surface area contributed by atoms with E-state index in [0.29, 0.717) is 0 Å². The van der Waals surface area contributed by atoms with E-state index in [1.807, 2.05) is 7.05 Å². The highest BCUT2D eigenvalue weighted by Gasteiger charge is 2.16. The molecule has 0 amide bonds. The molecule has 2 saturated heterocycles. The van der Waals surface area contributed by atoms with E-state index in [1.165, 1.54) is 57.5 Å². The molecule has 0 radical (unpaired) electrons. The van der Waals surface area contributed by atoms with Gasteiger partial charge in [-0.3, -0.25) is 4.99 Å². The van der Waals surface area contributed by atoms with Crippen molar-refractivity contribution in [3.05, 3.63) is 0 Å². The summed E-state index contributed by atoms with van der Waals surface area (Å²) in [6.07, 6.45) is 6.70. The minimum atomic E-state index is 0. The van der Waals surface area contributed by atoms with E-state index in [0.717, 1.165) is 30.2 Å². The van der Waals surface area contributed by atoms with Crippen LogP contribution in [0.5, 0.6) is 0 Å². The molecule has 0 spiro atoms. The smallest absolute Gasteiger partial charge is 0.191 e. The van der Waals surface area contributed by atoms with Gasteiger partial charge in [0.25, 0.3) is 0 Å². The molecule has 4 nitrogen and oxygen atoms in total. The van der Waals surface area contributed by atoms with Crippen LogP contribution in [-0.4, -0.2) is 61.6 Å². The van der Waals surface area contributed by atoms with Crippen molar-refractivity contribution in [3.63, 3.8) is 0 Å². The highest BCUT2D eigenvalue weighted by Crippen LogP contribution is 2.25. The van der Waals surface area contributed by atoms with Crippen LogP contribution in [0.15, 0.2) is 4.99 Å². The first-order chi connectivity index (χ1) is 10.3. The van der Waals surface area contributed by atoms with Gasteiger partial charge in [0, 0.05) is 31.9 Å². The second kappa shape index (κ2) is 11.8. The third-order valence-corrected chi connectivity index (χ3v) is 5.83. The van der Waals surface area contributed by atoms with Crippen LogP contribution in [0.3, 0.4) is 0 Å². The summed E-state index contributed by atoms with van der Waals surface area (Å²) >= 11 is 2.09. The van der Waals surface area contributed by atoms with Crippen LogP contribution in [0.4, 0.5) is 0 Å². The van der Waals surface area contributed by atoms with Crippen molar-refractivity contribution in [2.75, 3.05) is 45.5 Å². The summed E-state index contributed by atoms with van der Waals surface area (Å²) < 4.78 is 0. The second-order valence-electron chi connectivity index (χ2n) is 6.42. The normalized spacial score (nSPS) is 26.5. The molecule has 2 fully saturated rings. The Morgan fingerprint density at radius 3 is 2.82 bits per heavy atom. The molecule has 0 aliphatic carbocycles. The minimum Gasteiger partial charge on any atom is -0.356 e. The van der Waals surface area contributed by atoms with E-state index in [9.17, 15) is 0 Å². The lowest BCUT2D eigenvalue weighted by Gasteiger charge is -2.30. The van der Waals surface area contributed by atoms with Gasteiger partial charge in [-0.25, -0.2) is 0 Å². The lowest BCUT2D eigenvalue weighted by atomic mass is 10.0. The van der Waals surface area contributed by atoms with E-state index >= 15 is 0 Å². The minimum absolute atomic E-state index is 0. The second-order valence-corrected chi connectivity index (χ2v) is 7.82. The van der Waals surface area contributed by atoms with Gasteiger partial charge in [-0.2, -0.15) is 11.8 Å². The van der Waals surface area contributed by atoms with Gasteiger partial charge in [0.15, 0.2) is 5.96 Å². The molecule has 2 unspecified atom stereocenters. The summed E-state index contributed by atoms with van der Waals surface area (Å²) in [6, 6.07) is 0. The molecular formula is C16H33IN4S. The zero-order valence-corrected chi connectivity index (χ0v) is 17.3. The summed E-state index contributed by atoms with van der Waals surface area (Å²) in [4.78, 5) is 6.93. The summed E-state index contributed by atoms with van der Waals surface area (Å²) in [5.41, 5.74) is 0. The Bertz CT molecular complexity index is 321. The van der Waals surface area contributed by atoms with Crippen LogP contribution >= 0.6 is 35.7 Å². The average molecular weight is 440 g/mol. The van der Waals surface area contributed by atoms with Crippen LogP contribution < -0.4 is 10.6 Å². The largest absolute Gasteiger partial charge is 0.356 e. The van der Waals surface area contributed by atoms with Crippen LogP contribution in [0.2, 0.25) is 0 Å². The number of piperidine rings is 1. The van der Waals surface area contributed by atoms with Crippen LogP contribution in [0.1, 0.15) is 39.0 Å². The van der Waals surface area contributed by atoms with Gasteiger partial charge in [-0.05, 0) is 56.9 Å². The van der Waals surface area contributed by atoms with Gasteiger partial charge in [-0.15, -0.1) is 24.0 Å². The first kappa shape index (κ1) is 20.4. The number of nitrogens with zero attached hydrogens (tertiary/aromatic N) is 2. The molecule has 0 aromatic heterocycles. The lowest BCUT2D eigenvalue weighted by molar-refractivity contribution is 0.182. The van der Waals surface area contributed by atoms with Gasteiger partial charge in [0.2, 0.25) is 0 Å². The molecule has 2 aliphatic heterocycles. The van der Waals surface area contributed by atoms with Crippen LogP contribution in [0.25, 0.3) is 0 Å². The van der Waals surface area contributed by atoms with Crippen molar-refractivity contribution in [2.24, 2.45) is 10.9 Å². The highest BCUT2D eigenvalue weighted by molar-refractivity contribution is 14.0. The van der Waals surface area contributed by atoms with Gasteiger partial charge in [0.05, 0.1) is 0 Å². The number of rotatable bonds is 6. The first-order valence-corrected chi connectivity index (χ1v) is 9.61. The number of nitrogens with one attached hydrogen (secondary N) is 2. The fraction of sp³-hybridized carbons (Fsp3) is 0.938. The molecule has 22 heavy (non-hydrogen) atoms. The van der Waals surface area contributed by atoms with Gasteiger partial charge >= 0.3 is 0 Å². The predicted octanol–water partition coefficient (Wildman–Crippen LogP) is 2.79. The monoisotopic (exact) mass is 440 g/mol. The number of aliphatic imine (C=N–C) groups is 1. The molecule has 2 atom stereocenters. The topological polar surface area (TPSA) is 39.7 Å². The van der Waals surface area contributed by atoms with E-state index in [-0.39, 0.29) is 24.0 Å². The summed E-state index contributed by atoms with van der Waals surface area (Å²) in [5.74, 6) is 3.17. The molecule has 0 aromatic rings. The molecule has 0 bridgehead atoms. The Kier molecular flexibility index (Phi) is 10.9. The van der Waals surface area contributed by atoms with Gasteiger partial charge in [0.1, 0.15) is 0 Å². The van der Waals surface area contributed by atoms with Crippen LogP contribution in [0, 0.1) is 5.92 Å². The number of guanidine groups is 1. The lowest BCUT2D eigenvalue weighted by Crippen LogP contribution is -2.41. The molecule has 2 rings (SSSR count). The highest BCUT2D eigenvalue weighted by atomic mass is 127. The maximum absolute atomic E-state index is 4.32. The molecule has 2 N–H and O–H groups in total. The number of hydrogen-bond acceptors (Lipinski definition) is 3. The Hall–Kier alpha value is 0.310. The number of thioether (sulfide) groups is 1. The molecule has 2 heterocycles. The van der Waals surface area contributed by atoms with Crippen molar-refractivity contribution >= 4 is 41.7 Å². The number of halogens is 1. The fourth-order valence-corrected chi connectivity index (χ4v) is 4.44. The average Bonchev–Trinajstić information content (AvgIpc) is 3.00. The Morgan fingerprint density at radius 2 is 2.14 bits per heavy atom. The molecule has 0 saturated carbocycles. The standard InChI is InChI=1S/C16H32N4S.HI/c1-14-6-3-9-20(13-14)10-5-8-18-16(17-2)19-12-15-7-4-11-21-15;/h14-15H,3-13H2,1-2H3,(H2,17,18,19);1H. The van der Waals surface area contributed by atoms with Crippen molar-refractivity contribution in [1.29, 1.82) is 0 Å². The van der Waals surface area contributed by atoms with E-state index in [4.69, 9.17) is 0 Å². The van der Waals surface area contributed by atoms with Crippen molar-refractivity contribution < 1.29 is 0 Å². The van der Waals surface area contributed by atoms with E-state index in [1.54, 1.807) is 0 Å². The molecule has 6 heteroatoms. The molecule has 0 aromatic carbocycles. The maximum Gasteiger partial charge on any atom is 0.191 e. The van der Waals surface area contributed by atoms with E-state index < -0.39 is 0 Å². The fourth-order valence-electron chi connectivity index (χ4n) is 3.24. The Morgan fingerprint density at radius 1 is 1.27 bits per heavy atom. The Labute approximate surface area is 157 Å². The summed E-state index contributed by atoms with van der Waals surface area (Å²) in [7, 11) is 1.86. The SMILES string of the molecule is CN=C(NCCCN1CCCC(C)C1)NCC1CCCS1.I. The van der Waals surface area contributed by atoms with Gasteiger partial charge in [-0.1, -0.05) is 6.92 Å². The predicted molar refractivity (Wildman–Crippen MR) is 110 cm³/mol. The summed E-state index contributed by atoms with van der Waals surface area (Å²) in [5, 5.41) is 7.68. The van der Waals surface area contributed by atoms with Crippen molar-refractivity contribution in [3.8, 4) is 0 Å².